The van der Waals surface area contributed by atoms with Crippen molar-refractivity contribution in [3.63, 3.8) is 0 Å². The molecule has 0 N–H and O–H groups in total. The van der Waals surface area contributed by atoms with Crippen molar-refractivity contribution in [2.45, 2.75) is 16.7 Å². The number of para-hydroxylation sites is 1. The summed E-state index contributed by atoms with van der Waals surface area (Å²) in [6, 6.07) is 12.5. The lowest BCUT2D eigenvalue weighted by molar-refractivity contribution is -0.387. The van der Waals surface area contributed by atoms with E-state index in [0.717, 1.165) is 16.4 Å². The second-order valence-corrected chi connectivity index (χ2v) is 9.72. The number of nitro groups is 1. The highest BCUT2D eigenvalue weighted by atomic mass is 33.5. The Hall–Kier alpha value is -1.51. The van der Waals surface area contributed by atoms with Gasteiger partial charge >= 0.3 is 0 Å². The largest absolute Gasteiger partial charge is 0.283 e. The summed E-state index contributed by atoms with van der Waals surface area (Å²) in [5, 5.41) is 10.9. The smallest absolute Gasteiger partial charge is 0.258 e. The number of hydrogen-bond donors (Lipinski definition) is 0. The molecule has 0 saturated heterocycles. The average molecular weight is 341 g/mol. The van der Waals surface area contributed by atoms with Gasteiger partial charge in [-0.25, -0.2) is 8.42 Å². The first-order valence-electron chi connectivity index (χ1n) is 5.81. The zero-order chi connectivity index (χ0) is 15.5. The van der Waals surface area contributed by atoms with E-state index in [1.54, 1.807) is 24.3 Å². The van der Waals surface area contributed by atoms with Gasteiger partial charge in [0, 0.05) is 15.9 Å². The molecule has 8 heteroatoms. The van der Waals surface area contributed by atoms with E-state index in [-0.39, 0.29) is 10.6 Å². The van der Waals surface area contributed by atoms with Crippen LogP contribution in [-0.4, -0.2) is 13.3 Å². The summed E-state index contributed by atoms with van der Waals surface area (Å²) in [5.74, 6) is 0. The first-order chi connectivity index (χ1) is 9.90. The minimum absolute atomic E-state index is 0.103. The highest BCUT2D eigenvalue weighted by Gasteiger charge is 2.20. The molecule has 2 rings (SSSR count). The SMILES string of the molecule is Cc1ccc(S(=O)(=O)SSc2ccccc2[N+](=O)[O-])cc1. The van der Waals surface area contributed by atoms with E-state index in [9.17, 15) is 18.5 Å². The number of aryl methyl sites for hydroxylation is 1. The normalized spacial score (nSPS) is 11.3. The van der Waals surface area contributed by atoms with E-state index >= 15 is 0 Å². The number of nitro benzene ring substituents is 1. The molecular formula is C13H11NO4S3. The van der Waals surface area contributed by atoms with Crippen LogP contribution in [0.4, 0.5) is 5.69 Å². The summed E-state index contributed by atoms with van der Waals surface area (Å²) < 4.78 is 24.3. The highest BCUT2D eigenvalue weighted by Crippen LogP contribution is 2.42. The number of benzene rings is 2. The molecule has 2 aromatic rings. The molecule has 0 aliphatic rings. The van der Waals surface area contributed by atoms with Crippen LogP contribution in [0.15, 0.2) is 58.3 Å². The second-order valence-electron chi connectivity index (χ2n) is 4.14. The van der Waals surface area contributed by atoms with Crippen molar-refractivity contribution in [2.24, 2.45) is 0 Å². The lowest BCUT2D eigenvalue weighted by Gasteiger charge is -2.04. The quantitative estimate of drug-likeness (QED) is 0.464. The molecule has 0 amide bonds. The average Bonchev–Trinajstić information content (AvgIpc) is 2.46. The van der Waals surface area contributed by atoms with Gasteiger partial charge in [-0.3, -0.25) is 10.1 Å². The molecule has 0 aliphatic heterocycles. The van der Waals surface area contributed by atoms with E-state index in [0.29, 0.717) is 14.7 Å². The van der Waals surface area contributed by atoms with Gasteiger partial charge in [0.2, 0.25) is 8.87 Å². The molecule has 2 aromatic carbocycles. The van der Waals surface area contributed by atoms with E-state index < -0.39 is 13.8 Å². The molecule has 0 fully saturated rings. The fraction of sp³-hybridized carbons (Fsp3) is 0.0769. The van der Waals surface area contributed by atoms with Crippen molar-refractivity contribution in [1.82, 2.24) is 0 Å². The Morgan fingerprint density at radius 3 is 2.29 bits per heavy atom. The van der Waals surface area contributed by atoms with Crippen LogP contribution >= 0.6 is 20.6 Å². The van der Waals surface area contributed by atoms with Crippen LogP contribution in [0.5, 0.6) is 0 Å². The van der Waals surface area contributed by atoms with Gasteiger partial charge in [-0.1, -0.05) is 29.8 Å². The molecule has 0 saturated carbocycles. The molecule has 0 heterocycles. The standard InChI is InChI=1S/C13H11NO4S3/c1-10-6-8-11(9-7-10)21(17,18)20-19-13-5-3-2-4-12(13)14(15)16/h2-9H,1H3. The summed E-state index contributed by atoms with van der Waals surface area (Å²) in [6.07, 6.45) is 0. The van der Waals surface area contributed by atoms with Crippen LogP contribution in [0.25, 0.3) is 0 Å². The molecule has 0 atom stereocenters. The lowest BCUT2D eigenvalue weighted by atomic mass is 10.2. The Kier molecular flexibility index (Phi) is 4.92. The maximum Gasteiger partial charge on any atom is 0.283 e. The van der Waals surface area contributed by atoms with Crippen molar-refractivity contribution in [3.8, 4) is 0 Å². The van der Waals surface area contributed by atoms with Gasteiger partial charge < -0.3 is 0 Å². The van der Waals surface area contributed by atoms with Crippen molar-refractivity contribution in [2.75, 3.05) is 0 Å². The predicted molar refractivity (Wildman–Crippen MR) is 84.9 cm³/mol. The Bertz CT molecular complexity index is 757. The molecule has 0 aromatic heterocycles. The maximum atomic E-state index is 12.2. The van der Waals surface area contributed by atoms with Crippen molar-refractivity contribution in [1.29, 1.82) is 0 Å². The fourth-order valence-corrected chi connectivity index (χ4v) is 6.23. The van der Waals surface area contributed by atoms with Crippen LogP contribution in [0.1, 0.15) is 5.56 Å². The summed E-state index contributed by atoms with van der Waals surface area (Å²) in [4.78, 5) is 10.9. The molecule has 0 unspecified atom stereocenters. The fourth-order valence-electron chi connectivity index (χ4n) is 1.50. The number of nitrogens with zero attached hydrogens (tertiary/aromatic N) is 1. The highest BCUT2D eigenvalue weighted by molar-refractivity contribution is 9.06. The molecule has 0 radical (unpaired) electrons. The summed E-state index contributed by atoms with van der Waals surface area (Å²) >= 11 is 0. The van der Waals surface area contributed by atoms with Crippen LogP contribution in [0, 0.1) is 17.0 Å². The molecule has 21 heavy (non-hydrogen) atoms. The van der Waals surface area contributed by atoms with Crippen LogP contribution in [0.2, 0.25) is 0 Å². The van der Waals surface area contributed by atoms with Gasteiger partial charge in [0.1, 0.15) is 0 Å². The van der Waals surface area contributed by atoms with Crippen molar-refractivity contribution in [3.05, 3.63) is 64.2 Å². The second kappa shape index (κ2) is 6.50. The van der Waals surface area contributed by atoms with Gasteiger partial charge in [-0.2, -0.15) is 0 Å². The van der Waals surface area contributed by atoms with Crippen LogP contribution < -0.4 is 0 Å². The molecular weight excluding hydrogens is 330 g/mol. The van der Waals surface area contributed by atoms with Gasteiger partial charge in [0.05, 0.1) is 14.7 Å². The molecule has 0 aliphatic carbocycles. The van der Waals surface area contributed by atoms with E-state index in [2.05, 4.69) is 0 Å². The third-order valence-corrected chi connectivity index (χ3v) is 8.29. The van der Waals surface area contributed by atoms with Gasteiger partial charge in [-0.05, 0) is 35.9 Å². The zero-order valence-corrected chi connectivity index (χ0v) is 13.4. The summed E-state index contributed by atoms with van der Waals surface area (Å²) in [5.41, 5.74) is 0.861. The van der Waals surface area contributed by atoms with Gasteiger partial charge in [0.15, 0.2) is 0 Å². The molecule has 110 valence electrons. The van der Waals surface area contributed by atoms with Crippen LogP contribution in [0.3, 0.4) is 0 Å². The Balaban J connectivity index is 2.19. The Morgan fingerprint density at radius 1 is 1.05 bits per heavy atom. The van der Waals surface area contributed by atoms with Gasteiger partial charge in [0.25, 0.3) is 5.69 Å². The number of hydrogen-bond acceptors (Lipinski definition) is 6. The summed E-state index contributed by atoms with van der Waals surface area (Å²) in [6.45, 7) is 1.87. The van der Waals surface area contributed by atoms with Crippen molar-refractivity contribution < 1.29 is 13.3 Å². The molecule has 5 nitrogen and oxygen atoms in total. The molecule has 0 bridgehead atoms. The van der Waals surface area contributed by atoms with E-state index in [1.807, 2.05) is 6.92 Å². The predicted octanol–water partition coefficient (Wildman–Crippen LogP) is 4.03. The third-order valence-electron chi connectivity index (χ3n) is 2.58. The third kappa shape index (κ3) is 3.99. The van der Waals surface area contributed by atoms with Crippen LogP contribution in [-0.2, 0) is 8.87 Å². The Morgan fingerprint density at radius 2 is 1.67 bits per heavy atom. The first kappa shape index (κ1) is 15.9. The Labute approximate surface area is 129 Å². The minimum Gasteiger partial charge on any atom is -0.258 e. The minimum atomic E-state index is -3.56. The molecule has 0 spiro atoms. The lowest BCUT2D eigenvalue weighted by Crippen LogP contribution is -1.94. The summed E-state index contributed by atoms with van der Waals surface area (Å²) in [7, 11) is -2.09. The first-order valence-corrected chi connectivity index (χ1v) is 9.96. The maximum absolute atomic E-state index is 12.2. The topological polar surface area (TPSA) is 77.3 Å². The van der Waals surface area contributed by atoms with Gasteiger partial charge in [-0.15, -0.1) is 0 Å². The van der Waals surface area contributed by atoms with Crippen molar-refractivity contribution >= 4 is 35.2 Å². The number of rotatable bonds is 5. The van der Waals surface area contributed by atoms with E-state index in [1.165, 1.54) is 24.3 Å². The monoisotopic (exact) mass is 341 g/mol. The van der Waals surface area contributed by atoms with E-state index in [4.69, 9.17) is 0 Å². The zero-order valence-electron chi connectivity index (χ0n) is 10.9.